The summed E-state index contributed by atoms with van der Waals surface area (Å²) in [5.41, 5.74) is 0.343. The molecule has 4 rings (SSSR count). The molecule has 132 valence electrons. The van der Waals surface area contributed by atoms with Gasteiger partial charge in [0.15, 0.2) is 0 Å². The molecule has 0 aliphatic carbocycles. The number of halogens is 3. The van der Waals surface area contributed by atoms with Crippen LogP contribution >= 0.6 is 0 Å². The molecule has 8 heteroatoms. The fourth-order valence-corrected chi connectivity index (χ4v) is 3.29. The lowest BCUT2D eigenvalue weighted by atomic mass is 9.75. The molecule has 2 N–H and O–H groups in total. The summed E-state index contributed by atoms with van der Waals surface area (Å²) >= 11 is 0. The summed E-state index contributed by atoms with van der Waals surface area (Å²) in [6, 6.07) is 5.88. The largest absolute Gasteiger partial charge is 0.473 e. The van der Waals surface area contributed by atoms with Gasteiger partial charge in [0, 0.05) is 6.54 Å². The molecule has 3 saturated heterocycles. The van der Waals surface area contributed by atoms with Gasteiger partial charge in [0.05, 0.1) is 5.56 Å². The highest BCUT2D eigenvalue weighted by atomic mass is 19.4. The number of carboxylic acid groups (broad SMARTS) is 2. The minimum absolute atomic E-state index is 0.287. The van der Waals surface area contributed by atoms with Crippen LogP contribution in [0.2, 0.25) is 0 Å². The Labute approximate surface area is 136 Å². The number of alkyl halides is 3. The third-order valence-corrected chi connectivity index (χ3v) is 4.48. The highest BCUT2D eigenvalue weighted by Crippen LogP contribution is 2.40. The SMILES string of the molecule is FC(F)(F)c1cccc(C2CN3CCC2CC3)c1.O=C(O)C(=O)O. The average Bonchev–Trinajstić information content (AvgIpc) is 2.55. The smallest absolute Gasteiger partial charge is 0.416 e. The quantitative estimate of drug-likeness (QED) is 0.765. The summed E-state index contributed by atoms with van der Waals surface area (Å²) in [6.07, 6.45) is -1.98. The Morgan fingerprint density at radius 1 is 1.08 bits per heavy atom. The molecule has 0 saturated carbocycles. The Balaban J connectivity index is 0.000000301. The Kier molecular flexibility index (Phi) is 5.48. The number of rotatable bonds is 1. The van der Waals surface area contributed by atoms with Crippen LogP contribution in [0.4, 0.5) is 13.2 Å². The molecule has 3 heterocycles. The van der Waals surface area contributed by atoms with Crippen molar-refractivity contribution in [2.24, 2.45) is 5.92 Å². The van der Waals surface area contributed by atoms with E-state index in [0.717, 1.165) is 44.1 Å². The molecule has 0 amide bonds. The normalized spacial score (nSPS) is 25.5. The van der Waals surface area contributed by atoms with Gasteiger partial charge in [-0.2, -0.15) is 13.2 Å². The van der Waals surface area contributed by atoms with Crippen molar-refractivity contribution in [3.8, 4) is 0 Å². The van der Waals surface area contributed by atoms with Crippen LogP contribution in [0.3, 0.4) is 0 Å². The molecule has 5 nitrogen and oxygen atoms in total. The molecule has 3 aliphatic rings. The number of piperidine rings is 3. The predicted molar refractivity (Wildman–Crippen MR) is 78.6 cm³/mol. The summed E-state index contributed by atoms with van der Waals surface area (Å²) in [5.74, 6) is -2.79. The van der Waals surface area contributed by atoms with Crippen molar-refractivity contribution in [2.75, 3.05) is 19.6 Å². The van der Waals surface area contributed by atoms with Crippen LogP contribution < -0.4 is 0 Å². The number of hydrogen-bond acceptors (Lipinski definition) is 3. The van der Waals surface area contributed by atoms with Crippen LogP contribution in [0, 0.1) is 5.92 Å². The fourth-order valence-electron chi connectivity index (χ4n) is 3.29. The highest BCUT2D eigenvalue weighted by molar-refractivity contribution is 6.27. The van der Waals surface area contributed by atoms with Crippen molar-refractivity contribution >= 4 is 11.9 Å². The van der Waals surface area contributed by atoms with Crippen LogP contribution in [0.5, 0.6) is 0 Å². The van der Waals surface area contributed by atoms with E-state index >= 15 is 0 Å². The van der Waals surface area contributed by atoms with Gasteiger partial charge in [-0.1, -0.05) is 18.2 Å². The van der Waals surface area contributed by atoms with E-state index < -0.39 is 23.7 Å². The van der Waals surface area contributed by atoms with Crippen LogP contribution in [-0.2, 0) is 15.8 Å². The van der Waals surface area contributed by atoms with Gasteiger partial charge in [0.2, 0.25) is 0 Å². The molecule has 1 unspecified atom stereocenters. The lowest BCUT2D eigenvalue weighted by Gasteiger charge is -2.45. The number of carbonyl (C=O) groups is 2. The molecule has 0 aromatic heterocycles. The molecule has 24 heavy (non-hydrogen) atoms. The number of benzene rings is 1. The Morgan fingerprint density at radius 2 is 1.67 bits per heavy atom. The molecular formula is C16H18F3NO4. The van der Waals surface area contributed by atoms with Gasteiger partial charge in [-0.25, -0.2) is 9.59 Å². The molecule has 0 spiro atoms. The van der Waals surface area contributed by atoms with Gasteiger partial charge < -0.3 is 15.1 Å². The zero-order chi connectivity index (χ0) is 17.9. The summed E-state index contributed by atoms with van der Waals surface area (Å²) in [7, 11) is 0. The summed E-state index contributed by atoms with van der Waals surface area (Å²) < 4.78 is 38.1. The van der Waals surface area contributed by atoms with Crippen molar-refractivity contribution < 1.29 is 33.0 Å². The van der Waals surface area contributed by atoms with Gasteiger partial charge in [0.1, 0.15) is 0 Å². The van der Waals surface area contributed by atoms with Gasteiger partial charge in [-0.15, -0.1) is 0 Å². The number of hydrogen-bond donors (Lipinski definition) is 2. The molecule has 1 aromatic carbocycles. The van der Waals surface area contributed by atoms with E-state index in [9.17, 15) is 13.2 Å². The second-order valence-corrected chi connectivity index (χ2v) is 5.98. The molecular weight excluding hydrogens is 327 g/mol. The van der Waals surface area contributed by atoms with Gasteiger partial charge in [-0.05, 0) is 49.4 Å². The first-order valence-electron chi connectivity index (χ1n) is 7.54. The Bertz CT molecular complexity index is 598. The lowest BCUT2D eigenvalue weighted by molar-refractivity contribution is -0.159. The van der Waals surface area contributed by atoms with E-state index in [1.54, 1.807) is 0 Å². The third kappa shape index (κ3) is 4.47. The molecule has 2 bridgehead atoms. The Morgan fingerprint density at radius 3 is 2.08 bits per heavy atom. The van der Waals surface area contributed by atoms with Crippen molar-refractivity contribution in [3.05, 3.63) is 35.4 Å². The second kappa shape index (κ2) is 7.21. The van der Waals surface area contributed by atoms with Crippen molar-refractivity contribution in [2.45, 2.75) is 24.9 Å². The lowest BCUT2D eigenvalue weighted by Crippen LogP contribution is -2.46. The van der Waals surface area contributed by atoms with E-state index in [4.69, 9.17) is 19.8 Å². The minimum atomic E-state index is -4.23. The van der Waals surface area contributed by atoms with Gasteiger partial charge >= 0.3 is 18.1 Å². The van der Waals surface area contributed by atoms with Crippen molar-refractivity contribution in [1.82, 2.24) is 4.90 Å². The van der Waals surface area contributed by atoms with E-state index in [2.05, 4.69) is 4.90 Å². The maximum absolute atomic E-state index is 12.7. The summed E-state index contributed by atoms with van der Waals surface area (Å²) in [6.45, 7) is 3.15. The van der Waals surface area contributed by atoms with E-state index in [1.165, 1.54) is 12.1 Å². The van der Waals surface area contributed by atoms with Crippen molar-refractivity contribution in [3.63, 3.8) is 0 Å². The average molecular weight is 345 g/mol. The summed E-state index contributed by atoms with van der Waals surface area (Å²) in [4.78, 5) is 20.6. The number of aliphatic carboxylic acids is 2. The number of carboxylic acids is 2. The predicted octanol–water partition coefficient (Wildman–Crippen LogP) is 2.67. The zero-order valence-corrected chi connectivity index (χ0v) is 12.8. The first-order valence-corrected chi connectivity index (χ1v) is 7.54. The van der Waals surface area contributed by atoms with E-state index in [-0.39, 0.29) is 5.92 Å². The minimum Gasteiger partial charge on any atom is -0.473 e. The van der Waals surface area contributed by atoms with Crippen molar-refractivity contribution in [1.29, 1.82) is 0 Å². The zero-order valence-electron chi connectivity index (χ0n) is 12.8. The Hall–Kier alpha value is -2.09. The third-order valence-electron chi connectivity index (χ3n) is 4.48. The van der Waals surface area contributed by atoms with Gasteiger partial charge in [0.25, 0.3) is 0 Å². The molecule has 1 aromatic rings. The first kappa shape index (κ1) is 18.3. The summed E-state index contributed by atoms with van der Waals surface area (Å²) in [5, 5.41) is 14.8. The molecule has 3 aliphatic heterocycles. The molecule has 1 atom stereocenters. The van der Waals surface area contributed by atoms with Crippen LogP contribution in [0.25, 0.3) is 0 Å². The standard InChI is InChI=1S/C14H16F3N.C2H2O4/c15-14(16,17)12-3-1-2-11(8-12)13-9-18-6-4-10(13)5-7-18;3-1(4)2(5)6/h1-3,8,10,13H,4-7,9H2;(H,3,4)(H,5,6). The molecule has 0 radical (unpaired) electrons. The first-order chi connectivity index (χ1) is 11.2. The van der Waals surface area contributed by atoms with Crippen LogP contribution in [-0.4, -0.2) is 46.7 Å². The topological polar surface area (TPSA) is 77.8 Å². The van der Waals surface area contributed by atoms with E-state index in [1.807, 2.05) is 6.07 Å². The number of fused-ring (bicyclic) bond motifs is 3. The van der Waals surface area contributed by atoms with E-state index in [0.29, 0.717) is 5.92 Å². The maximum Gasteiger partial charge on any atom is 0.416 e. The maximum atomic E-state index is 12.7. The van der Waals surface area contributed by atoms with Gasteiger partial charge in [-0.3, -0.25) is 0 Å². The van der Waals surface area contributed by atoms with Crippen LogP contribution in [0.1, 0.15) is 29.9 Å². The fraction of sp³-hybridized carbons (Fsp3) is 0.500. The molecule has 3 fully saturated rings. The second-order valence-electron chi connectivity index (χ2n) is 5.98. The highest BCUT2D eigenvalue weighted by Gasteiger charge is 2.36. The van der Waals surface area contributed by atoms with Crippen LogP contribution in [0.15, 0.2) is 24.3 Å². The number of nitrogens with zero attached hydrogens (tertiary/aromatic N) is 1. The monoisotopic (exact) mass is 345 g/mol.